The molecule has 0 saturated heterocycles. The Morgan fingerprint density at radius 3 is 1.95 bits per heavy atom. The summed E-state index contributed by atoms with van der Waals surface area (Å²) < 4.78 is 31.7. The van der Waals surface area contributed by atoms with Gasteiger partial charge in [-0.2, -0.15) is 8.42 Å². The molecule has 0 fully saturated rings. The van der Waals surface area contributed by atoms with Crippen molar-refractivity contribution in [3.63, 3.8) is 0 Å². The van der Waals surface area contributed by atoms with E-state index in [9.17, 15) is 13.0 Å². The monoisotopic (exact) mass is 292 g/mol. The summed E-state index contributed by atoms with van der Waals surface area (Å²) in [6, 6.07) is 0. The zero-order chi connectivity index (χ0) is 14.9. The minimum atomic E-state index is -3.85. The summed E-state index contributed by atoms with van der Waals surface area (Å²) in [7, 11) is -3.85. The van der Waals surface area contributed by atoms with Crippen LogP contribution in [-0.2, 0) is 10.1 Å². The SMILES string of the molecule is CCCCC(CCCCCCC(C)(C)C)S(=O)(=O)O. The summed E-state index contributed by atoms with van der Waals surface area (Å²) in [5, 5.41) is -0.546. The Bertz CT molecular complexity index is 315. The summed E-state index contributed by atoms with van der Waals surface area (Å²) >= 11 is 0. The van der Waals surface area contributed by atoms with E-state index in [4.69, 9.17) is 0 Å². The molecule has 4 heteroatoms. The molecule has 0 aromatic heterocycles. The molecule has 1 N–H and O–H groups in total. The van der Waals surface area contributed by atoms with Crippen LogP contribution >= 0.6 is 0 Å². The Morgan fingerprint density at radius 2 is 1.47 bits per heavy atom. The third kappa shape index (κ3) is 11.4. The second kappa shape index (κ2) is 8.96. The topological polar surface area (TPSA) is 54.4 Å². The fourth-order valence-corrected chi connectivity index (χ4v) is 3.18. The smallest absolute Gasteiger partial charge is 0.267 e. The maximum Gasteiger partial charge on any atom is 0.267 e. The molecule has 0 spiro atoms. The maximum absolute atomic E-state index is 11.2. The van der Waals surface area contributed by atoms with Gasteiger partial charge in [-0.3, -0.25) is 4.55 Å². The first-order valence-corrected chi connectivity index (χ1v) is 9.13. The lowest BCUT2D eigenvalue weighted by Crippen LogP contribution is -2.20. The Morgan fingerprint density at radius 1 is 0.947 bits per heavy atom. The Kier molecular flexibility index (Phi) is 8.92. The van der Waals surface area contributed by atoms with Crippen molar-refractivity contribution < 1.29 is 13.0 Å². The third-order valence-corrected chi connectivity index (χ3v) is 4.82. The lowest BCUT2D eigenvalue weighted by molar-refractivity contribution is 0.356. The van der Waals surface area contributed by atoms with Gasteiger partial charge < -0.3 is 0 Å². The molecular formula is C15H32O3S. The lowest BCUT2D eigenvalue weighted by Gasteiger charge is -2.17. The van der Waals surface area contributed by atoms with Crippen LogP contribution in [-0.4, -0.2) is 18.2 Å². The first kappa shape index (κ1) is 18.9. The van der Waals surface area contributed by atoms with Crippen LogP contribution in [0.4, 0.5) is 0 Å². The van der Waals surface area contributed by atoms with Crippen LogP contribution < -0.4 is 0 Å². The quantitative estimate of drug-likeness (QED) is 0.464. The Hall–Kier alpha value is -0.0900. The number of unbranched alkanes of at least 4 members (excludes halogenated alkanes) is 4. The first-order valence-electron chi connectivity index (χ1n) is 7.63. The van der Waals surface area contributed by atoms with Crippen molar-refractivity contribution in [2.24, 2.45) is 5.41 Å². The summed E-state index contributed by atoms with van der Waals surface area (Å²) in [5.41, 5.74) is 0.387. The highest BCUT2D eigenvalue weighted by atomic mass is 32.2. The van der Waals surface area contributed by atoms with Crippen LogP contribution in [0.25, 0.3) is 0 Å². The molecule has 0 bridgehead atoms. The van der Waals surface area contributed by atoms with E-state index >= 15 is 0 Å². The predicted octanol–water partition coefficient (Wildman–Crippen LogP) is 4.82. The summed E-state index contributed by atoms with van der Waals surface area (Å²) in [6.07, 6.45) is 8.58. The fourth-order valence-electron chi connectivity index (χ4n) is 2.25. The van der Waals surface area contributed by atoms with Gasteiger partial charge in [0.2, 0.25) is 0 Å². The molecule has 3 nitrogen and oxygen atoms in total. The average Bonchev–Trinajstić information content (AvgIpc) is 2.23. The van der Waals surface area contributed by atoms with Gasteiger partial charge in [-0.1, -0.05) is 66.2 Å². The van der Waals surface area contributed by atoms with Crippen molar-refractivity contribution in [1.82, 2.24) is 0 Å². The van der Waals surface area contributed by atoms with E-state index in [1.807, 2.05) is 6.92 Å². The zero-order valence-electron chi connectivity index (χ0n) is 13.1. The molecule has 0 saturated carbocycles. The van der Waals surface area contributed by atoms with E-state index in [1.165, 1.54) is 12.8 Å². The average molecular weight is 292 g/mol. The van der Waals surface area contributed by atoms with Gasteiger partial charge in [0.1, 0.15) is 0 Å². The minimum absolute atomic E-state index is 0.387. The third-order valence-electron chi connectivity index (χ3n) is 3.50. The van der Waals surface area contributed by atoms with E-state index in [1.54, 1.807) is 0 Å². The van der Waals surface area contributed by atoms with Crippen molar-refractivity contribution in [3.05, 3.63) is 0 Å². The molecule has 0 aromatic carbocycles. The van der Waals surface area contributed by atoms with Crippen molar-refractivity contribution in [3.8, 4) is 0 Å². The van der Waals surface area contributed by atoms with Gasteiger partial charge in [-0.15, -0.1) is 0 Å². The van der Waals surface area contributed by atoms with E-state index in [0.29, 0.717) is 18.3 Å². The Labute approximate surface area is 119 Å². The number of rotatable bonds is 10. The summed E-state index contributed by atoms with van der Waals surface area (Å²) in [5.74, 6) is 0. The highest BCUT2D eigenvalue weighted by Gasteiger charge is 2.21. The number of hydrogen-bond donors (Lipinski definition) is 1. The van der Waals surface area contributed by atoms with Crippen LogP contribution in [0.3, 0.4) is 0 Å². The van der Waals surface area contributed by atoms with Crippen molar-refractivity contribution in [1.29, 1.82) is 0 Å². The second-order valence-electron chi connectivity index (χ2n) is 6.79. The van der Waals surface area contributed by atoms with E-state index < -0.39 is 15.4 Å². The molecule has 116 valence electrons. The van der Waals surface area contributed by atoms with Crippen LogP contribution in [0.2, 0.25) is 0 Å². The van der Waals surface area contributed by atoms with Crippen molar-refractivity contribution >= 4 is 10.1 Å². The molecule has 1 atom stereocenters. The molecule has 0 rings (SSSR count). The highest BCUT2D eigenvalue weighted by molar-refractivity contribution is 7.86. The fraction of sp³-hybridized carbons (Fsp3) is 1.00. The minimum Gasteiger partial charge on any atom is -0.285 e. The van der Waals surface area contributed by atoms with Gasteiger partial charge in [0, 0.05) is 0 Å². The van der Waals surface area contributed by atoms with Crippen LogP contribution in [0, 0.1) is 5.41 Å². The highest BCUT2D eigenvalue weighted by Crippen LogP contribution is 2.23. The van der Waals surface area contributed by atoms with Crippen LogP contribution in [0.5, 0.6) is 0 Å². The number of hydrogen-bond acceptors (Lipinski definition) is 2. The summed E-state index contributed by atoms with van der Waals surface area (Å²) in [6.45, 7) is 8.76. The van der Waals surface area contributed by atoms with Gasteiger partial charge in [0.15, 0.2) is 0 Å². The molecule has 0 heterocycles. The molecule has 0 aliphatic rings. The Balaban J connectivity index is 3.82. The van der Waals surface area contributed by atoms with Gasteiger partial charge in [-0.05, 0) is 24.7 Å². The van der Waals surface area contributed by atoms with Crippen LogP contribution in [0.1, 0.15) is 85.5 Å². The normalized spacial score (nSPS) is 14.6. The zero-order valence-corrected chi connectivity index (χ0v) is 13.9. The summed E-state index contributed by atoms with van der Waals surface area (Å²) in [4.78, 5) is 0. The standard InChI is InChI=1S/C15H32O3S/c1-5-6-11-14(19(16,17)18)12-9-7-8-10-13-15(2,3)4/h14H,5-13H2,1-4H3,(H,16,17,18). The van der Waals surface area contributed by atoms with Gasteiger partial charge in [0.25, 0.3) is 10.1 Å². The van der Waals surface area contributed by atoms with Gasteiger partial charge >= 0.3 is 0 Å². The van der Waals surface area contributed by atoms with E-state index in [-0.39, 0.29) is 0 Å². The molecule has 0 aromatic rings. The second-order valence-corrected chi connectivity index (χ2v) is 8.49. The molecule has 0 radical (unpaired) electrons. The molecule has 0 aliphatic carbocycles. The first-order chi connectivity index (χ1) is 8.67. The lowest BCUT2D eigenvalue weighted by atomic mass is 9.89. The molecular weight excluding hydrogens is 260 g/mol. The maximum atomic E-state index is 11.2. The van der Waals surface area contributed by atoms with Crippen molar-refractivity contribution in [2.75, 3.05) is 0 Å². The predicted molar refractivity (Wildman–Crippen MR) is 82.0 cm³/mol. The van der Waals surface area contributed by atoms with Crippen LogP contribution in [0.15, 0.2) is 0 Å². The molecule has 0 amide bonds. The van der Waals surface area contributed by atoms with E-state index in [0.717, 1.165) is 32.1 Å². The van der Waals surface area contributed by atoms with Gasteiger partial charge in [-0.25, -0.2) is 0 Å². The van der Waals surface area contributed by atoms with E-state index in [2.05, 4.69) is 20.8 Å². The largest absolute Gasteiger partial charge is 0.285 e. The van der Waals surface area contributed by atoms with Crippen molar-refractivity contribution in [2.45, 2.75) is 90.7 Å². The molecule has 1 unspecified atom stereocenters. The van der Waals surface area contributed by atoms with Gasteiger partial charge in [0.05, 0.1) is 5.25 Å². The molecule has 0 aliphatic heterocycles. The molecule has 19 heavy (non-hydrogen) atoms.